The number of hydrogen-bond donors (Lipinski definition) is 1. The van der Waals surface area contributed by atoms with E-state index in [0.717, 1.165) is 24.8 Å². The molecule has 0 aromatic heterocycles. The molecule has 0 spiro atoms. The maximum absolute atomic E-state index is 11.0. The first-order chi connectivity index (χ1) is 12.9. The molecule has 0 bridgehead atoms. The first-order valence-corrected chi connectivity index (χ1v) is 10.5. The van der Waals surface area contributed by atoms with Gasteiger partial charge in [-0.3, -0.25) is 9.59 Å². The van der Waals surface area contributed by atoms with Crippen molar-refractivity contribution in [3.05, 3.63) is 36.5 Å². The Labute approximate surface area is 175 Å². The third-order valence-electron chi connectivity index (χ3n) is 3.19. The Hall–Kier alpha value is -1.52. The molecule has 0 heterocycles. The normalized spacial score (nSPS) is 12.0. The molecular weight excluding hydrogens is 352 g/mol. The minimum Gasteiger partial charge on any atom is -0.412 e. The topological polar surface area (TPSA) is 85.9 Å². The lowest BCUT2D eigenvalue weighted by Crippen LogP contribution is -2.07. The van der Waals surface area contributed by atoms with Crippen LogP contribution in [0.25, 0.3) is 0 Å². The molecule has 3 N–H and O–H groups in total. The number of rotatable bonds is 6. The third kappa shape index (κ3) is 35.6. The predicted octanol–water partition coefficient (Wildman–Crippen LogP) is 6.04. The van der Waals surface area contributed by atoms with Crippen molar-refractivity contribution in [2.75, 3.05) is 6.61 Å². The van der Waals surface area contributed by atoms with E-state index in [4.69, 9.17) is 5.11 Å². The molecule has 0 unspecified atom stereocenters. The SMILES string of the molecule is C=C(C)/C=C\C=C/CC(C)=O.CC.CC.CCC(=O)C1CCCC1.CCO.O. The van der Waals surface area contributed by atoms with Crippen LogP contribution in [-0.2, 0) is 9.59 Å². The van der Waals surface area contributed by atoms with Crippen LogP contribution in [0.2, 0.25) is 0 Å². The highest BCUT2D eigenvalue weighted by atomic mass is 16.2. The number of allylic oxidation sites excluding steroid dienone is 5. The van der Waals surface area contributed by atoms with Gasteiger partial charge >= 0.3 is 0 Å². The number of ketones is 2. The molecule has 0 amide bonds. The van der Waals surface area contributed by atoms with Crippen LogP contribution in [0.15, 0.2) is 36.5 Å². The zero-order valence-corrected chi connectivity index (χ0v) is 19.8. The van der Waals surface area contributed by atoms with Crippen molar-refractivity contribution in [2.24, 2.45) is 5.92 Å². The second-order valence-corrected chi connectivity index (χ2v) is 5.66. The molecule has 0 radical (unpaired) electrons. The van der Waals surface area contributed by atoms with Crippen LogP contribution in [-0.4, -0.2) is 28.8 Å². The van der Waals surface area contributed by atoms with E-state index in [2.05, 4.69) is 6.58 Å². The molecule has 4 nitrogen and oxygen atoms in total. The Morgan fingerprint density at radius 3 is 1.75 bits per heavy atom. The zero-order chi connectivity index (χ0) is 22.1. The van der Waals surface area contributed by atoms with Crippen molar-refractivity contribution in [3.63, 3.8) is 0 Å². The van der Waals surface area contributed by atoms with Gasteiger partial charge in [-0.1, -0.05) is 83.9 Å². The van der Waals surface area contributed by atoms with E-state index >= 15 is 0 Å². The Morgan fingerprint density at radius 1 is 1.00 bits per heavy atom. The van der Waals surface area contributed by atoms with Crippen LogP contribution in [0.5, 0.6) is 0 Å². The number of hydrogen-bond acceptors (Lipinski definition) is 3. The molecular formula is C24H48O4. The van der Waals surface area contributed by atoms with Crippen LogP contribution in [0.1, 0.15) is 93.9 Å². The summed E-state index contributed by atoms with van der Waals surface area (Å²) in [5.41, 5.74) is 1.01. The Morgan fingerprint density at radius 2 is 1.43 bits per heavy atom. The summed E-state index contributed by atoms with van der Waals surface area (Å²) in [6.45, 7) is 19.1. The van der Waals surface area contributed by atoms with Crippen molar-refractivity contribution >= 4 is 11.6 Å². The van der Waals surface area contributed by atoms with Gasteiger partial charge in [0.1, 0.15) is 11.6 Å². The molecule has 1 fully saturated rings. The van der Waals surface area contributed by atoms with E-state index in [1.165, 1.54) is 12.8 Å². The van der Waals surface area contributed by atoms with E-state index in [1.54, 1.807) is 13.8 Å². The van der Waals surface area contributed by atoms with E-state index in [9.17, 15) is 9.59 Å². The van der Waals surface area contributed by atoms with Crippen molar-refractivity contribution in [3.8, 4) is 0 Å². The van der Waals surface area contributed by atoms with Gasteiger partial charge in [-0.05, 0) is 33.6 Å². The summed E-state index contributed by atoms with van der Waals surface area (Å²) in [5, 5.41) is 7.57. The van der Waals surface area contributed by atoms with Crippen molar-refractivity contribution in [1.29, 1.82) is 0 Å². The molecule has 1 rings (SSSR count). The molecule has 4 heteroatoms. The number of carbonyl (C=O) groups excluding carboxylic acids is 2. The molecule has 0 atom stereocenters. The highest BCUT2D eigenvalue weighted by molar-refractivity contribution is 5.80. The molecule has 28 heavy (non-hydrogen) atoms. The lowest BCUT2D eigenvalue weighted by atomic mass is 10.0. The van der Waals surface area contributed by atoms with Gasteiger partial charge in [-0.25, -0.2) is 0 Å². The zero-order valence-electron chi connectivity index (χ0n) is 19.8. The monoisotopic (exact) mass is 400 g/mol. The molecule has 0 aliphatic heterocycles. The summed E-state index contributed by atoms with van der Waals surface area (Å²) < 4.78 is 0. The summed E-state index contributed by atoms with van der Waals surface area (Å²) in [6, 6.07) is 0. The number of carbonyl (C=O) groups is 2. The molecule has 0 aromatic rings. The fourth-order valence-corrected chi connectivity index (χ4v) is 2.07. The predicted molar refractivity (Wildman–Crippen MR) is 125 cm³/mol. The average Bonchev–Trinajstić information content (AvgIpc) is 3.19. The molecule has 1 aliphatic carbocycles. The summed E-state index contributed by atoms with van der Waals surface area (Å²) in [4.78, 5) is 21.5. The Bertz CT molecular complexity index is 389. The van der Waals surface area contributed by atoms with Crippen LogP contribution in [0, 0.1) is 5.92 Å². The number of Topliss-reactive ketones (excluding diaryl/α,β-unsaturated/α-hetero) is 2. The van der Waals surface area contributed by atoms with Gasteiger partial charge in [0.05, 0.1) is 0 Å². The smallest absolute Gasteiger partial charge is 0.135 e. The van der Waals surface area contributed by atoms with Crippen molar-refractivity contribution in [1.82, 2.24) is 0 Å². The largest absolute Gasteiger partial charge is 0.412 e. The van der Waals surface area contributed by atoms with Crippen LogP contribution in [0.4, 0.5) is 0 Å². The molecule has 1 aliphatic rings. The van der Waals surface area contributed by atoms with Crippen molar-refractivity contribution in [2.45, 2.75) is 93.9 Å². The van der Waals surface area contributed by atoms with Gasteiger partial charge in [0, 0.05) is 25.4 Å². The Kier molecular flexibility index (Phi) is 44.0. The van der Waals surface area contributed by atoms with Gasteiger partial charge in [-0.15, -0.1) is 0 Å². The van der Waals surface area contributed by atoms with E-state index < -0.39 is 0 Å². The third-order valence-corrected chi connectivity index (χ3v) is 3.19. The average molecular weight is 401 g/mol. The van der Waals surface area contributed by atoms with Gasteiger partial charge in [0.15, 0.2) is 0 Å². The fourth-order valence-electron chi connectivity index (χ4n) is 2.07. The minimum absolute atomic E-state index is 0. The van der Waals surface area contributed by atoms with Crippen LogP contribution >= 0.6 is 0 Å². The first-order valence-electron chi connectivity index (χ1n) is 10.5. The van der Waals surface area contributed by atoms with Crippen LogP contribution in [0.3, 0.4) is 0 Å². The lowest BCUT2D eigenvalue weighted by Gasteiger charge is -2.02. The van der Waals surface area contributed by atoms with Crippen molar-refractivity contribution < 1.29 is 20.2 Å². The maximum Gasteiger partial charge on any atom is 0.135 e. The van der Waals surface area contributed by atoms with Gasteiger partial charge in [0.2, 0.25) is 0 Å². The van der Waals surface area contributed by atoms with Gasteiger partial charge < -0.3 is 10.6 Å². The maximum atomic E-state index is 11.0. The summed E-state index contributed by atoms with van der Waals surface area (Å²) in [7, 11) is 0. The van der Waals surface area contributed by atoms with Crippen LogP contribution < -0.4 is 0 Å². The van der Waals surface area contributed by atoms with E-state index in [1.807, 2.05) is 65.8 Å². The first kappa shape index (κ1) is 37.3. The van der Waals surface area contributed by atoms with Gasteiger partial charge in [-0.2, -0.15) is 0 Å². The quantitative estimate of drug-likeness (QED) is 0.552. The highest BCUT2D eigenvalue weighted by Crippen LogP contribution is 2.25. The highest BCUT2D eigenvalue weighted by Gasteiger charge is 2.20. The van der Waals surface area contributed by atoms with E-state index in [0.29, 0.717) is 18.1 Å². The van der Waals surface area contributed by atoms with Gasteiger partial charge in [0.25, 0.3) is 0 Å². The molecule has 0 aromatic carbocycles. The lowest BCUT2D eigenvalue weighted by molar-refractivity contribution is -0.122. The van der Waals surface area contributed by atoms with E-state index in [-0.39, 0.29) is 17.9 Å². The Balaban J connectivity index is -0.0000000934. The molecule has 168 valence electrons. The second-order valence-electron chi connectivity index (χ2n) is 5.66. The standard InChI is InChI=1S/C10H14O.C8H14O.C2H6O.2C2H6.H2O/c1-9(2)7-5-4-6-8-10(3)11;1-2-8(9)7-5-3-4-6-7;1-2-3;2*1-2;/h4-7H,1,8H2,2-3H3;7H,2-6H2,1H3;3H,2H2,1H3;2*1-2H3;1H2/b6-4-,7-5-;;;;;. The second kappa shape index (κ2) is 33.1. The number of aliphatic hydroxyl groups excluding tert-OH is 1. The number of aliphatic hydroxyl groups is 1. The summed E-state index contributed by atoms with van der Waals surface area (Å²) in [6.07, 6.45) is 13.6. The summed E-state index contributed by atoms with van der Waals surface area (Å²) in [5.74, 6) is 1.10. The molecule has 0 saturated heterocycles. The fraction of sp³-hybridized carbons (Fsp3) is 0.667. The summed E-state index contributed by atoms with van der Waals surface area (Å²) >= 11 is 0. The minimum atomic E-state index is 0. The molecule has 1 saturated carbocycles.